The standard InChI is InChI=1S/C16H24N2O5S/c1-5-18(6-2)15(19)13-7-9-14(10-8-13)24(22,23)17(4)11-12(3)16(20)21/h7-10,12H,5-6,11H2,1-4H3,(H,20,21). The molecule has 1 amide bonds. The fourth-order valence-electron chi connectivity index (χ4n) is 2.20. The molecule has 0 bridgehead atoms. The van der Waals surface area contributed by atoms with E-state index in [0.717, 1.165) is 4.31 Å². The van der Waals surface area contributed by atoms with Gasteiger partial charge in [-0.1, -0.05) is 6.92 Å². The first-order chi connectivity index (χ1) is 11.1. The van der Waals surface area contributed by atoms with Gasteiger partial charge in [-0.05, 0) is 38.1 Å². The molecular formula is C16H24N2O5S. The molecule has 7 nitrogen and oxygen atoms in total. The molecule has 0 aliphatic rings. The number of carboxylic acids is 1. The lowest BCUT2D eigenvalue weighted by atomic mass is 10.2. The predicted octanol–water partition coefficient (Wildman–Crippen LogP) is 1.51. The van der Waals surface area contributed by atoms with Crippen molar-refractivity contribution in [2.75, 3.05) is 26.7 Å². The summed E-state index contributed by atoms with van der Waals surface area (Å²) in [6.07, 6.45) is 0. The van der Waals surface area contributed by atoms with Gasteiger partial charge in [0.15, 0.2) is 0 Å². The second kappa shape index (κ2) is 8.25. The van der Waals surface area contributed by atoms with Crippen LogP contribution < -0.4 is 0 Å². The van der Waals surface area contributed by atoms with Crippen LogP contribution in [-0.4, -0.2) is 61.3 Å². The summed E-state index contributed by atoms with van der Waals surface area (Å²) in [6.45, 7) is 6.21. The molecule has 1 unspecified atom stereocenters. The number of carboxylic acid groups (broad SMARTS) is 1. The van der Waals surface area contributed by atoms with Crippen molar-refractivity contribution in [3.8, 4) is 0 Å². The number of hydrogen-bond acceptors (Lipinski definition) is 4. The van der Waals surface area contributed by atoms with Crippen molar-refractivity contribution in [2.45, 2.75) is 25.7 Å². The average molecular weight is 356 g/mol. The Balaban J connectivity index is 2.98. The van der Waals surface area contributed by atoms with Crippen LogP contribution in [0.5, 0.6) is 0 Å². The minimum absolute atomic E-state index is 0.0266. The molecule has 0 fully saturated rings. The quantitative estimate of drug-likeness (QED) is 0.762. The summed E-state index contributed by atoms with van der Waals surface area (Å²) in [5.74, 6) is -2.03. The fraction of sp³-hybridized carbons (Fsp3) is 0.500. The van der Waals surface area contributed by atoms with E-state index in [1.807, 2.05) is 13.8 Å². The average Bonchev–Trinajstić information content (AvgIpc) is 2.55. The SMILES string of the molecule is CCN(CC)C(=O)c1ccc(S(=O)(=O)N(C)CC(C)C(=O)O)cc1. The Hall–Kier alpha value is -1.93. The minimum Gasteiger partial charge on any atom is -0.481 e. The maximum absolute atomic E-state index is 12.5. The molecule has 1 rings (SSSR count). The number of sulfonamides is 1. The zero-order valence-corrected chi connectivity index (χ0v) is 15.2. The maximum Gasteiger partial charge on any atom is 0.307 e. The Morgan fingerprint density at radius 1 is 1.12 bits per heavy atom. The Kier molecular flexibility index (Phi) is 6.92. The van der Waals surface area contributed by atoms with Gasteiger partial charge in [-0.3, -0.25) is 9.59 Å². The molecule has 1 aromatic carbocycles. The third-order valence-corrected chi connectivity index (χ3v) is 5.65. The van der Waals surface area contributed by atoms with Crippen molar-refractivity contribution >= 4 is 21.9 Å². The van der Waals surface area contributed by atoms with E-state index in [0.29, 0.717) is 18.7 Å². The lowest BCUT2D eigenvalue weighted by Gasteiger charge is -2.20. The second-order valence-corrected chi connectivity index (χ2v) is 7.57. The number of amides is 1. The van der Waals surface area contributed by atoms with Crippen molar-refractivity contribution in [1.29, 1.82) is 0 Å². The van der Waals surface area contributed by atoms with Gasteiger partial charge in [-0.25, -0.2) is 12.7 Å². The highest BCUT2D eigenvalue weighted by Crippen LogP contribution is 2.17. The summed E-state index contributed by atoms with van der Waals surface area (Å²) < 4.78 is 25.9. The number of nitrogens with zero attached hydrogens (tertiary/aromatic N) is 2. The Labute approximate surface area is 142 Å². The molecule has 1 atom stereocenters. The molecule has 134 valence electrons. The molecule has 24 heavy (non-hydrogen) atoms. The molecule has 1 aromatic rings. The second-order valence-electron chi connectivity index (χ2n) is 5.53. The zero-order chi connectivity index (χ0) is 18.5. The highest BCUT2D eigenvalue weighted by Gasteiger charge is 2.25. The smallest absolute Gasteiger partial charge is 0.307 e. The van der Waals surface area contributed by atoms with E-state index in [-0.39, 0.29) is 17.3 Å². The number of hydrogen-bond donors (Lipinski definition) is 1. The third kappa shape index (κ3) is 4.55. The first-order valence-corrected chi connectivity index (χ1v) is 9.17. The van der Waals surface area contributed by atoms with E-state index < -0.39 is 21.9 Å². The van der Waals surface area contributed by atoms with Crippen LogP contribution in [0.3, 0.4) is 0 Å². The van der Waals surface area contributed by atoms with Gasteiger partial charge in [-0.2, -0.15) is 0 Å². The number of benzene rings is 1. The van der Waals surface area contributed by atoms with Crippen LogP contribution in [-0.2, 0) is 14.8 Å². The topological polar surface area (TPSA) is 95.0 Å². The van der Waals surface area contributed by atoms with Crippen molar-refractivity contribution < 1.29 is 23.1 Å². The van der Waals surface area contributed by atoms with Gasteiger partial charge in [0.25, 0.3) is 5.91 Å². The summed E-state index contributed by atoms with van der Waals surface area (Å²) in [6, 6.07) is 5.69. The van der Waals surface area contributed by atoms with Crippen molar-refractivity contribution in [3.05, 3.63) is 29.8 Å². The van der Waals surface area contributed by atoms with Gasteiger partial charge in [-0.15, -0.1) is 0 Å². The number of carbonyl (C=O) groups excluding carboxylic acids is 1. The lowest BCUT2D eigenvalue weighted by Crippen LogP contribution is -2.34. The van der Waals surface area contributed by atoms with E-state index in [1.165, 1.54) is 38.2 Å². The van der Waals surface area contributed by atoms with E-state index in [2.05, 4.69) is 0 Å². The van der Waals surface area contributed by atoms with E-state index in [1.54, 1.807) is 4.90 Å². The van der Waals surface area contributed by atoms with Crippen LogP contribution in [0.15, 0.2) is 29.2 Å². The monoisotopic (exact) mass is 356 g/mol. The van der Waals surface area contributed by atoms with Crippen LogP contribution in [0.1, 0.15) is 31.1 Å². The van der Waals surface area contributed by atoms with E-state index in [4.69, 9.17) is 5.11 Å². The van der Waals surface area contributed by atoms with Crippen LogP contribution >= 0.6 is 0 Å². The number of aliphatic carboxylic acids is 1. The highest BCUT2D eigenvalue weighted by molar-refractivity contribution is 7.89. The maximum atomic E-state index is 12.5. The Morgan fingerprint density at radius 2 is 1.62 bits per heavy atom. The zero-order valence-electron chi connectivity index (χ0n) is 14.4. The number of rotatable bonds is 8. The fourth-order valence-corrected chi connectivity index (χ4v) is 3.46. The summed E-state index contributed by atoms with van der Waals surface area (Å²) in [5.41, 5.74) is 0.416. The van der Waals surface area contributed by atoms with E-state index in [9.17, 15) is 18.0 Å². The van der Waals surface area contributed by atoms with Gasteiger partial charge in [0.1, 0.15) is 0 Å². The largest absolute Gasteiger partial charge is 0.481 e. The summed E-state index contributed by atoms with van der Waals surface area (Å²) >= 11 is 0. The first-order valence-electron chi connectivity index (χ1n) is 7.73. The molecular weight excluding hydrogens is 332 g/mol. The summed E-state index contributed by atoms with van der Waals surface area (Å²) in [4.78, 5) is 24.8. The van der Waals surface area contributed by atoms with Gasteiger partial charge in [0.05, 0.1) is 10.8 Å². The molecule has 0 heterocycles. The predicted molar refractivity (Wildman–Crippen MR) is 90.3 cm³/mol. The molecule has 1 N–H and O–H groups in total. The van der Waals surface area contributed by atoms with Crippen molar-refractivity contribution in [2.24, 2.45) is 5.92 Å². The molecule has 0 saturated heterocycles. The molecule has 0 spiro atoms. The van der Waals surface area contributed by atoms with Crippen molar-refractivity contribution in [3.63, 3.8) is 0 Å². The molecule has 0 saturated carbocycles. The van der Waals surface area contributed by atoms with Crippen LogP contribution in [0.2, 0.25) is 0 Å². The first kappa shape index (κ1) is 20.1. The lowest BCUT2D eigenvalue weighted by molar-refractivity contribution is -0.141. The molecule has 0 aromatic heterocycles. The van der Waals surface area contributed by atoms with Gasteiger partial charge in [0, 0.05) is 32.2 Å². The summed E-state index contributed by atoms with van der Waals surface area (Å²) in [5, 5.41) is 8.90. The summed E-state index contributed by atoms with van der Waals surface area (Å²) in [7, 11) is -2.46. The van der Waals surface area contributed by atoms with Crippen LogP contribution in [0.4, 0.5) is 0 Å². The van der Waals surface area contributed by atoms with Crippen LogP contribution in [0.25, 0.3) is 0 Å². The van der Waals surface area contributed by atoms with E-state index >= 15 is 0 Å². The normalized spacial score (nSPS) is 12.9. The Morgan fingerprint density at radius 3 is 2.04 bits per heavy atom. The Bertz CT molecular complexity index is 681. The minimum atomic E-state index is -3.80. The number of carbonyl (C=O) groups is 2. The van der Waals surface area contributed by atoms with Gasteiger partial charge in [0.2, 0.25) is 10.0 Å². The molecule has 0 radical (unpaired) electrons. The van der Waals surface area contributed by atoms with Crippen LogP contribution in [0, 0.1) is 5.92 Å². The molecule has 0 aliphatic carbocycles. The van der Waals surface area contributed by atoms with Gasteiger partial charge >= 0.3 is 5.97 Å². The van der Waals surface area contributed by atoms with Gasteiger partial charge < -0.3 is 10.0 Å². The third-order valence-electron chi connectivity index (χ3n) is 3.81. The molecule has 0 aliphatic heterocycles. The molecule has 8 heteroatoms. The van der Waals surface area contributed by atoms with Crippen molar-refractivity contribution in [1.82, 2.24) is 9.21 Å². The highest BCUT2D eigenvalue weighted by atomic mass is 32.2.